The van der Waals surface area contributed by atoms with Gasteiger partial charge in [-0.1, -0.05) is 59.6 Å². The predicted molar refractivity (Wildman–Crippen MR) is 159 cm³/mol. The molecule has 2 heterocycles. The van der Waals surface area contributed by atoms with E-state index >= 15 is 0 Å². The molecule has 2 aliphatic rings. The summed E-state index contributed by atoms with van der Waals surface area (Å²) in [4.78, 5) is 30.6. The molecule has 41 heavy (non-hydrogen) atoms. The van der Waals surface area contributed by atoms with Gasteiger partial charge in [0.25, 0.3) is 11.7 Å². The molecule has 0 unspecified atom stereocenters. The number of halogens is 2. The number of aliphatic hydroxyl groups is 1. The zero-order valence-corrected chi connectivity index (χ0v) is 24.3. The third kappa shape index (κ3) is 6.60. The highest BCUT2D eigenvalue weighted by Gasteiger charge is 2.46. The Labute approximate surface area is 249 Å². The van der Waals surface area contributed by atoms with Crippen LogP contribution in [-0.2, 0) is 20.9 Å². The lowest BCUT2D eigenvalue weighted by Gasteiger charge is -2.29. The third-order valence-corrected chi connectivity index (χ3v) is 8.04. The molecule has 3 aromatic rings. The molecule has 7 nitrogen and oxygen atoms in total. The van der Waals surface area contributed by atoms with Crippen LogP contribution in [0.1, 0.15) is 34.7 Å². The first-order chi connectivity index (χ1) is 19.8. The van der Waals surface area contributed by atoms with E-state index in [4.69, 9.17) is 32.7 Å². The van der Waals surface area contributed by atoms with Gasteiger partial charge in [-0.3, -0.25) is 14.5 Å². The second kappa shape index (κ2) is 13.1. The Morgan fingerprint density at radius 2 is 1.76 bits per heavy atom. The number of benzene rings is 3. The Hall–Kier alpha value is -3.36. The summed E-state index contributed by atoms with van der Waals surface area (Å²) in [6, 6.07) is 19.2. The number of carbonyl (C=O) groups is 2. The molecular weight excluding hydrogens is 563 g/mol. The molecule has 1 amide bonds. The van der Waals surface area contributed by atoms with Crippen LogP contribution in [0, 0.1) is 6.92 Å². The molecule has 0 aliphatic carbocycles. The predicted octanol–water partition coefficient (Wildman–Crippen LogP) is 6.02. The normalized spacial score (nSPS) is 19.1. The van der Waals surface area contributed by atoms with Crippen molar-refractivity contribution in [3.05, 3.63) is 105 Å². The first-order valence-corrected chi connectivity index (χ1v) is 14.4. The van der Waals surface area contributed by atoms with Crippen LogP contribution in [0.15, 0.2) is 72.3 Å². The number of aryl methyl sites for hydroxylation is 1. The fraction of sp³-hybridized carbons (Fsp3) is 0.312. The maximum Gasteiger partial charge on any atom is 0.295 e. The Morgan fingerprint density at radius 1 is 1.00 bits per heavy atom. The topological polar surface area (TPSA) is 79.3 Å². The molecule has 0 bridgehead atoms. The smallest absolute Gasteiger partial charge is 0.295 e. The molecule has 214 valence electrons. The molecule has 1 N–H and O–H groups in total. The Bertz CT molecular complexity index is 1450. The van der Waals surface area contributed by atoms with Gasteiger partial charge in [-0.2, -0.15) is 0 Å². The van der Waals surface area contributed by atoms with Crippen molar-refractivity contribution in [2.75, 3.05) is 39.4 Å². The van der Waals surface area contributed by atoms with Crippen molar-refractivity contribution in [1.82, 2.24) is 9.80 Å². The minimum atomic E-state index is -0.849. The van der Waals surface area contributed by atoms with E-state index in [1.807, 2.05) is 37.3 Å². The minimum Gasteiger partial charge on any atom is -0.507 e. The lowest BCUT2D eigenvalue weighted by atomic mass is 9.93. The lowest BCUT2D eigenvalue weighted by molar-refractivity contribution is -0.140. The summed E-state index contributed by atoms with van der Waals surface area (Å²) in [7, 11) is 0. The summed E-state index contributed by atoms with van der Waals surface area (Å²) < 4.78 is 11.4. The van der Waals surface area contributed by atoms with Crippen molar-refractivity contribution in [3.63, 3.8) is 0 Å². The summed E-state index contributed by atoms with van der Waals surface area (Å²) in [6.07, 6.45) is 0.654. The van der Waals surface area contributed by atoms with Crippen LogP contribution in [0.3, 0.4) is 0 Å². The molecule has 0 saturated carbocycles. The number of likely N-dealkylation sites (tertiary alicyclic amines) is 1. The quantitative estimate of drug-likeness (QED) is 0.185. The van der Waals surface area contributed by atoms with E-state index in [0.717, 1.165) is 25.2 Å². The first kappa shape index (κ1) is 29.1. The van der Waals surface area contributed by atoms with Crippen LogP contribution in [0.5, 0.6) is 5.75 Å². The monoisotopic (exact) mass is 594 g/mol. The molecule has 3 aromatic carbocycles. The average molecular weight is 596 g/mol. The van der Waals surface area contributed by atoms with E-state index < -0.39 is 17.7 Å². The summed E-state index contributed by atoms with van der Waals surface area (Å²) in [5.74, 6) is -1.02. The van der Waals surface area contributed by atoms with Crippen molar-refractivity contribution >= 4 is 40.7 Å². The van der Waals surface area contributed by atoms with Gasteiger partial charge in [0, 0.05) is 41.8 Å². The highest BCUT2D eigenvalue weighted by molar-refractivity contribution is 6.47. The molecule has 0 radical (unpaired) electrons. The molecule has 5 rings (SSSR count). The first-order valence-electron chi connectivity index (χ1n) is 13.6. The lowest BCUT2D eigenvalue weighted by Crippen LogP contribution is -2.39. The van der Waals surface area contributed by atoms with E-state index in [2.05, 4.69) is 4.90 Å². The molecule has 0 spiro atoms. The second-order valence-corrected chi connectivity index (χ2v) is 11.1. The van der Waals surface area contributed by atoms with Gasteiger partial charge >= 0.3 is 0 Å². The summed E-state index contributed by atoms with van der Waals surface area (Å²) in [5, 5.41) is 12.3. The Balaban J connectivity index is 1.45. The molecule has 1 atom stereocenters. The number of Topliss-reactive ketones (excluding diaryl/α,β-unsaturated/α-hetero) is 1. The SMILES string of the molecule is Cc1cc(OCc2ccccc2)ccc1C(O)=C1C(=O)C(=O)N(CCCN2CCOCC2)[C@H]1c1ccc(Cl)cc1Cl. The number of hydrogen-bond acceptors (Lipinski definition) is 6. The number of nitrogens with zero attached hydrogens (tertiary/aromatic N) is 2. The number of aliphatic hydroxyl groups excluding tert-OH is 1. The third-order valence-electron chi connectivity index (χ3n) is 7.48. The molecule has 0 aromatic heterocycles. The summed E-state index contributed by atoms with van der Waals surface area (Å²) >= 11 is 12.8. The van der Waals surface area contributed by atoms with Crippen LogP contribution < -0.4 is 4.74 Å². The fourth-order valence-corrected chi connectivity index (χ4v) is 5.84. The van der Waals surface area contributed by atoms with E-state index in [1.54, 1.807) is 36.4 Å². The molecular formula is C32H32Cl2N2O5. The van der Waals surface area contributed by atoms with E-state index in [1.165, 1.54) is 4.90 Å². The molecule has 9 heteroatoms. The zero-order chi connectivity index (χ0) is 28.9. The van der Waals surface area contributed by atoms with Gasteiger partial charge in [-0.25, -0.2) is 0 Å². The van der Waals surface area contributed by atoms with Crippen molar-refractivity contribution < 1.29 is 24.2 Å². The average Bonchev–Trinajstić information content (AvgIpc) is 3.22. The van der Waals surface area contributed by atoms with Crippen LogP contribution in [0.4, 0.5) is 0 Å². The molecule has 2 fully saturated rings. The summed E-state index contributed by atoms with van der Waals surface area (Å²) in [5.41, 5.74) is 2.71. The number of rotatable bonds is 9. The van der Waals surface area contributed by atoms with Gasteiger partial charge in [0.1, 0.15) is 18.1 Å². The second-order valence-electron chi connectivity index (χ2n) is 10.2. The van der Waals surface area contributed by atoms with Gasteiger partial charge in [0.05, 0.1) is 24.8 Å². The van der Waals surface area contributed by atoms with Gasteiger partial charge in [-0.15, -0.1) is 0 Å². The van der Waals surface area contributed by atoms with Crippen LogP contribution >= 0.6 is 23.2 Å². The fourth-order valence-electron chi connectivity index (χ4n) is 5.32. The minimum absolute atomic E-state index is 0.00616. The van der Waals surface area contributed by atoms with Crippen LogP contribution in [0.2, 0.25) is 10.0 Å². The van der Waals surface area contributed by atoms with Crippen molar-refractivity contribution in [3.8, 4) is 5.75 Å². The number of amides is 1. The van der Waals surface area contributed by atoms with Gasteiger partial charge in [0.15, 0.2) is 0 Å². The summed E-state index contributed by atoms with van der Waals surface area (Å²) in [6.45, 7) is 6.33. The Morgan fingerprint density at radius 3 is 2.46 bits per heavy atom. The van der Waals surface area contributed by atoms with Gasteiger partial charge in [-0.05, 0) is 60.4 Å². The molecule has 2 aliphatic heterocycles. The van der Waals surface area contributed by atoms with Crippen molar-refractivity contribution in [2.45, 2.75) is 26.0 Å². The van der Waals surface area contributed by atoms with Crippen LogP contribution in [0.25, 0.3) is 5.76 Å². The maximum absolute atomic E-state index is 13.5. The van der Waals surface area contributed by atoms with Crippen molar-refractivity contribution in [1.29, 1.82) is 0 Å². The maximum atomic E-state index is 13.5. The largest absolute Gasteiger partial charge is 0.507 e. The Kier molecular flexibility index (Phi) is 9.30. The van der Waals surface area contributed by atoms with Crippen molar-refractivity contribution in [2.24, 2.45) is 0 Å². The number of carbonyl (C=O) groups excluding carboxylic acids is 2. The number of morpholine rings is 1. The van der Waals surface area contributed by atoms with Crippen LogP contribution in [-0.4, -0.2) is 66.0 Å². The van der Waals surface area contributed by atoms with E-state index in [0.29, 0.717) is 65.3 Å². The standard InChI is InChI=1S/C32H32Cl2N2O5/c1-21-18-24(41-20-22-6-3-2-4-7-22)9-11-25(21)30(37)28-29(26-10-8-23(33)19-27(26)34)36(32(39)31(28)38)13-5-12-35-14-16-40-17-15-35/h2-4,6-11,18-19,29,37H,5,12-17,20H2,1H3/t29-/m0/s1. The number of ether oxygens (including phenoxy) is 2. The number of hydrogen-bond donors (Lipinski definition) is 1. The van der Waals surface area contributed by atoms with Gasteiger partial charge in [0.2, 0.25) is 0 Å². The van der Waals surface area contributed by atoms with E-state index in [-0.39, 0.29) is 11.3 Å². The molecule has 2 saturated heterocycles. The zero-order valence-electron chi connectivity index (χ0n) is 22.8. The number of ketones is 1. The highest BCUT2D eigenvalue weighted by Crippen LogP contribution is 2.43. The highest BCUT2D eigenvalue weighted by atomic mass is 35.5. The van der Waals surface area contributed by atoms with E-state index in [9.17, 15) is 14.7 Å². The van der Waals surface area contributed by atoms with Gasteiger partial charge < -0.3 is 19.5 Å².